The van der Waals surface area contributed by atoms with Crippen molar-refractivity contribution in [3.63, 3.8) is 0 Å². The number of hydrogen-bond acceptors (Lipinski definition) is 2. The van der Waals surface area contributed by atoms with Crippen molar-refractivity contribution in [2.45, 2.75) is 39.7 Å². The summed E-state index contributed by atoms with van der Waals surface area (Å²) in [6.45, 7) is 4.11. The number of aryl methyl sites for hydroxylation is 2. The molecule has 1 N–H and O–H groups in total. The number of benzene rings is 1. The summed E-state index contributed by atoms with van der Waals surface area (Å²) < 4.78 is 1.86. The van der Waals surface area contributed by atoms with Crippen molar-refractivity contribution in [3.8, 4) is 0 Å². The average Bonchev–Trinajstić information content (AvgIpc) is 3.08. The van der Waals surface area contributed by atoms with Crippen molar-refractivity contribution < 1.29 is 9.90 Å². The zero-order valence-corrected chi connectivity index (χ0v) is 11.3. The number of hydrogen-bond donors (Lipinski definition) is 1. The van der Waals surface area contributed by atoms with Crippen molar-refractivity contribution in [1.82, 2.24) is 9.55 Å². The molecule has 0 radical (unpaired) electrons. The molecule has 3 rings (SSSR count). The van der Waals surface area contributed by atoms with Gasteiger partial charge in [0.05, 0.1) is 11.0 Å². The lowest BCUT2D eigenvalue weighted by Gasteiger charge is -2.06. The third kappa shape index (κ3) is 2.35. The van der Waals surface area contributed by atoms with Gasteiger partial charge in [-0.05, 0) is 55.9 Å². The predicted octanol–water partition coefficient (Wildman–Crippen LogP) is 2.69. The fraction of sp³-hybridized carbons (Fsp3) is 0.467. The number of carbonyl (C=O) groups is 1. The third-order valence-electron chi connectivity index (χ3n) is 3.90. The van der Waals surface area contributed by atoms with Gasteiger partial charge in [0.2, 0.25) is 0 Å². The van der Waals surface area contributed by atoms with Crippen LogP contribution in [0.1, 0.15) is 29.8 Å². The third-order valence-corrected chi connectivity index (χ3v) is 3.90. The Balaban J connectivity index is 2.13. The number of aliphatic carboxylic acids is 1. The monoisotopic (exact) mass is 258 g/mol. The van der Waals surface area contributed by atoms with Crippen LogP contribution in [0.3, 0.4) is 0 Å². The van der Waals surface area contributed by atoms with Gasteiger partial charge in [-0.3, -0.25) is 4.79 Å². The Bertz CT molecular complexity index is 654. The molecule has 0 atom stereocenters. The molecule has 1 saturated carbocycles. The maximum atomic E-state index is 11.1. The summed E-state index contributed by atoms with van der Waals surface area (Å²) >= 11 is 0. The molecule has 1 fully saturated rings. The van der Waals surface area contributed by atoms with Crippen LogP contribution >= 0.6 is 0 Å². The smallest absolute Gasteiger partial charge is 0.323 e. The van der Waals surface area contributed by atoms with E-state index in [2.05, 4.69) is 24.0 Å². The molecule has 19 heavy (non-hydrogen) atoms. The van der Waals surface area contributed by atoms with Gasteiger partial charge in [0.25, 0.3) is 0 Å². The quantitative estimate of drug-likeness (QED) is 0.917. The topological polar surface area (TPSA) is 55.1 Å². The lowest BCUT2D eigenvalue weighted by Crippen LogP contribution is -2.12. The van der Waals surface area contributed by atoms with Gasteiger partial charge in [0, 0.05) is 6.42 Å². The van der Waals surface area contributed by atoms with Crippen molar-refractivity contribution in [2.75, 3.05) is 0 Å². The van der Waals surface area contributed by atoms with Crippen molar-refractivity contribution in [3.05, 3.63) is 29.1 Å². The molecular weight excluding hydrogens is 240 g/mol. The van der Waals surface area contributed by atoms with E-state index in [1.165, 1.54) is 24.0 Å². The second-order valence-electron chi connectivity index (χ2n) is 5.58. The summed E-state index contributed by atoms with van der Waals surface area (Å²) in [5.74, 6) is 0.811. The van der Waals surface area contributed by atoms with Crippen LogP contribution in [0.15, 0.2) is 12.1 Å². The van der Waals surface area contributed by atoms with E-state index in [4.69, 9.17) is 5.11 Å². The molecule has 1 heterocycles. The fourth-order valence-electron chi connectivity index (χ4n) is 2.48. The first-order chi connectivity index (χ1) is 9.04. The standard InChI is InChI=1S/C15H18N2O2/c1-9-5-12-13(6-10(9)2)17(8-15(18)19)14(16-12)7-11-3-4-11/h5-6,11H,3-4,7-8H2,1-2H3,(H,18,19). The Morgan fingerprint density at radius 3 is 2.68 bits per heavy atom. The molecule has 4 heteroatoms. The van der Waals surface area contributed by atoms with E-state index in [0.717, 1.165) is 23.3 Å². The second kappa shape index (κ2) is 4.37. The number of nitrogens with zero attached hydrogens (tertiary/aromatic N) is 2. The van der Waals surface area contributed by atoms with E-state index in [0.29, 0.717) is 5.92 Å². The number of carboxylic acid groups (broad SMARTS) is 1. The van der Waals surface area contributed by atoms with Crippen LogP contribution < -0.4 is 0 Å². The second-order valence-corrected chi connectivity index (χ2v) is 5.58. The Hall–Kier alpha value is -1.84. The minimum absolute atomic E-state index is 0.00105. The summed E-state index contributed by atoms with van der Waals surface area (Å²) in [6.07, 6.45) is 3.39. The Morgan fingerprint density at radius 1 is 1.37 bits per heavy atom. The molecule has 0 saturated heterocycles. The van der Waals surface area contributed by atoms with E-state index in [1.807, 2.05) is 11.5 Å². The van der Waals surface area contributed by atoms with E-state index in [1.54, 1.807) is 0 Å². The highest BCUT2D eigenvalue weighted by Crippen LogP contribution is 2.33. The lowest BCUT2D eigenvalue weighted by atomic mass is 10.1. The van der Waals surface area contributed by atoms with Gasteiger partial charge in [-0.2, -0.15) is 0 Å². The van der Waals surface area contributed by atoms with E-state index in [9.17, 15) is 4.79 Å². The molecule has 100 valence electrons. The van der Waals surface area contributed by atoms with Crippen molar-refractivity contribution in [1.29, 1.82) is 0 Å². The van der Waals surface area contributed by atoms with Crippen molar-refractivity contribution >= 4 is 17.0 Å². The molecule has 0 aliphatic heterocycles. The fourth-order valence-corrected chi connectivity index (χ4v) is 2.48. The van der Waals surface area contributed by atoms with Gasteiger partial charge < -0.3 is 9.67 Å². The average molecular weight is 258 g/mol. The first kappa shape index (κ1) is 12.2. The normalized spacial score (nSPS) is 15.1. The molecule has 1 aliphatic carbocycles. The Morgan fingerprint density at radius 2 is 2.05 bits per heavy atom. The Labute approximate surface area is 112 Å². The minimum Gasteiger partial charge on any atom is -0.480 e. The predicted molar refractivity (Wildman–Crippen MR) is 73.3 cm³/mol. The van der Waals surface area contributed by atoms with E-state index >= 15 is 0 Å². The van der Waals surface area contributed by atoms with Gasteiger partial charge in [0.1, 0.15) is 12.4 Å². The largest absolute Gasteiger partial charge is 0.480 e. The van der Waals surface area contributed by atoms with Crippen molar-refractivity contribution in [2.24, 2.45) is 5.92 Å². The zero-order chi connectivity index (χ0) is 13.6. The molecular formula is C15H18N2O2. The van der Waals surface area contributed by atoms with Crippen LogP contribution in [0.4, 0.5) is 0 Å². The number of aromatic nitrogens is 2. The molecule has 4 nitrogen and oxygen atoms in total. The molecule has 0 bridgehead atoms. The maximum absolute atomic E-state index is 11.1. The minimum atomic E-state index is -0.811. The molecule has 1 aliphatic rings. The molecule has 0 unspecified atom stereocenters. The van der Waals surface area contributed by atoms with Gasteiger partial charge in [-0.25, -0.2) is 4.98 Å². The number of imidazole rings is 1. The zero-order valence-electron chi connectivity index (χ0n) is 11.3. The first-order valence-corrected chi connectivity index (χ1v) is 6.72. The molecule has 0 spiro atoms. The number of carboxylic acids is 1. The summed E-state index contributed by atoms with van der Waals surface area (Å²) in [5.41, 5.74) is 4.24. The van der Waals surface area contributed by atoms with E-state index in [-0.39, 0.29) is 6.54 Å². The Kier molecular flexibility index (Phi) is 2.81. The highest BCUT2D eigenvalue weighted by molar-refractivity contribution is 5.80. The highest BCUT2D eigenvalue weighted by atomic mass is 16.4. The molecule has 2 aromatic rings. The van der Waals surface area contributed by atoms with Gasteiger partial charge in [0.15, 0.2) is 0 Å². The van der Waals surface area contributed by atoms with Crippen LogP contribution in [-0.4, -0.2) is 20.6 Å². The van der Waals surface area contributed by atoms with Gasteiger partial charge in [-0.1, -0.05) is 0 Å². The highest BCUT2D eigenvalue weighted by Gasteiger charge is 2.25. The summed E-state index contributed by atoms with van der Waals surface area (Å²) in [6, 6.07) is 4.11. The van der Waals surface area contributed by atoms with Crippen LogP contribution in [0.5, 0.6) is 0 Å². The van der Waals surface area contributed by atoms with E-state index < -0.39 is 5.97 Å². The van der Waals surface area contributed by atoms with Crippen LogP contribution in [0, 0.1) is 19.8 Å². The molecule has 0 amide bonds. The summed E-state index contributed by atoms with van der Waals surface area (Å²) in [4.78, 5) is 15.7. The van der Waals surface area contributed by atoms with Gasteiger partial charge >= 0.3 is 5.97 Å². The van der Waals surface area contributed by atoms with Crippen LogP contribution in [0.2, 0.25) is 0 Å². The molecule has 1 aromatic heterocycles. The number of rotatable bonds is 4. The van der Waals surface area contributed by atoms with Gasteiger partial charge in [-0.15, -0.1) is 0 Å². The maximum Gasteiger partial charge on any atom is 0.323 e. The number of fused-ring (bicyclic) bond motifs is 1. The lowest BCUT2D eigenvalue weighted by molar-refractivity contribution is -0.137. The SMILES string of the molecule is Cc1cc2nc(CC3CC3)n(CC(=O)O)c2cc1C. The first-order valence-electron chi connectivity index (χ1n) is 6.72. The molecule has 1 aromatic carbocycles. The summed E-state index contributed by atoms with van der Waals surface area (Å²) in [7, 11) is 0. The van der Waals surface area contributed by atoms with Crippen LogP contribution in [0.25, 0.3) is 11.0 Å². The van der Waals surface area contributed by atoms with Crippen LogP contribution in [-0.2, 0) is 17.8 Å². The summed E-state index contributed by atoms with van der Waals surface area (Å²) in [5, 5.41) is 9.09.